The number of piperidine rings is 1. The minimum absolute atomic E-state index is 0.118. The third-order valence-corrected chi connectivity index (χ3v) is 8.82. The fourth-order valence-electron chi connectivity index (χ4n) is 4.86. The van der Waals surface area contributed by atoms with Gasteiger partial charge in [0.2, 0.25) is 11.8 Å². The number of nitrogens with zero attached hydrogens (tertiary/aromatic N) is 4. The lowest BCUT2D eigenvalue weighted by Gasteiger charge is -2.35. The normalized spacial score (nSPS) is 21.8. The molecular weight excluding hydrogens is 591 g/mol. The topological polar surface area (TPSA) is 149 Å². The van der Waals surface area contributed by atoms with Gasteiger partial charge in [-0.1, -0.05) is 23.7 Å². The van der Waals surface area contributed by atoms with Crippen LogP contribution >= 0.6 is 11.6 Å². The molecule has 3 heterocycles. The van der Waals surface area contributed by atoms with Gasteiger partial charge in [0, 0.05) is 18.0 Å². The molecule has 218 valence electrons. The van der Waals surface area contributed by atoms with Crippen molar-refractivity contribution >= 4 is 39.1 Å². The third-order valence-electron chi connectivity index (χ3n) is 6.77. The minimum atomic E-state index is -4.20. The summed E-state index contributed by atoms with van der Waals surface area (Å²) < 4.78 is 80.4. The first-order valence-corrected chi connectivity index (χ1v) is 14.2. The highest BCUT2D eigenvalue weighted by Gasteiger charge is 2.45. The van der Waals surface area contributed by atoms with Crippen molar-refractivity contribution in [3.63, 3.8) is 0 Å². The van der Waals surface area contributed by atoms with Gasteiger partial charge in [0.1, 0.15) is 5.82 Å². The molecule has 16 heteroatoms. The number of hydrogen-bond acceptors (Lipinski definition) is 9. The number of hydrogen-bond donors (Lipinski definition) is 1. The van der Waals surface area contributed by atoms with E-state index in [1.165, 1.54) is 0 Å². The van der Waals surface area contributed by atoms with Crippen molar-refractivity contribution in [2.45, 2.75) is 35.7 Å². The number of rotatable bonds is 4. The summed E-state index contributed by atoms with van der Waals surface area (Å²) in [7, 11) is -3.14. The quantitative estimate of drug-likeness (QED) is 0.467. The number of carbonyl (C=O) groups excluding carboxylic acids is 2. The highest BCUT2D eigenvalue weighted by atomic mass is 35.5. The standard InChI is InChI=1S/C25H23ClF3N5O6S/c1-39-24(36)33-10-14(8-25(28,29)12-33)21-31-32-22(40-21)16-6-19-20(7-17(16)27)41(37,38)11-18(30)23(35)34(19)9-13-2-4-15(26)5-3-13/h2-7,14,18H,8-12,30H2,1H3/t14?,18-/m0/s1. The summed E-state index contributed by atoms with van der Waals surface area (Å²) in [6, 6.07) is 6.82. The Hall–Kier alpha value is -3.69. The van der Waals surface area contributed by atoms with Gasteiger partial charge in [-0.25, -0.2) is 26.4 Å². The van der Waals surface area contributed by atoms with Gasteiger partial charge in [0.05, 0.1) is 54.1 Å². The predicted octanol–water partition coefficient (Wildman–Crippen LogP) is 3.37. The SMILES string of the molecule is COC(=O)N1CC(c2nnc(-c3cc4c(cc3F)S(=O)(=O)C[C@H](N)C(=O)N4Cc3ccc(Cl)cc3)o2)CC(F)(F)C1. The molecule has 1 aromatic heterocycles. The number of alkyl halides is 2. The van der Waals surface area contributed by atoms with Crippen molar-refractivity contribution < 1.29 is 40.3 Å². The van der Waals surface area contributed by atoms with Gasteiger partial charge in [-0.05, 0) is 29.8 Å². The number of methoxy groups -OCH3 is 1. The highest BCUT2D eigenvalue weighted by molar-refractivity contribution is 7.91. The molecule has 1 fully saturated rings. The number of fused-ring (bicyclic) bond motifs is 1. The van der Waals surface area contributed by atoms with E-state index in [2.05, 4.69) is 14.9 Å². The maximum absolute atomic E-state index is 15.4. The van der Waals surface area contributed by atoms with Crippen LogP contribution in [-0.2, 0) is 25.9 Å². The molecule has 0 aliphatic carbocycles. The number of likely N-dealkylation sites (tertiary alicyclic amines) is 1. The van der Waals surface area contributed by atoms with E-state index in [-0.39, 0.29) is 30.2 Å². The van der Waals surface area contributed by atoms with Crippen LogP contribution in [0.15, 0.2) is 45.7 Å². The van der Waals surface area contributed by atoms with Gasteiger partial charge in [0.25, 0.3) is 11.8 Å². The zero-order chi connectivity index (χ0) is 29.7. The second kappa shape index (κ2) is 10.6. The number of amides is 2. The Bertz CT molecular complexity index is 1620. The highest BCUT2D eigenvalue weighted by Crippen LogP contribution is 2.39. The maximum Gasteiger partial charge on any atom is 0.409 e. The van der Waals surface area contributed by atoms with Crippen LogP contribution in [0.4, 0.5) is 23.7 Å². The average molecular weight is 614 g/mol. The molecule has 0 bridgehead atoms. The Morgan fingerprint density at radius 3 is 2.63 bits per heavy atom. The molecule has 0 spiro atoms. The van der Waals surface area contributed by atoms with E-state index in [9.17, 15) is 26.8 Å². The van der Waals surface area contributed by atoms with E-state index < -0.39 is 75.0 Å². The van der Waals surface area contributed by atoms with E-state index in [4.69, 9.17) is 21.8 Å². The largest absolute Gasteiger partial charge is 0.453 e. The summed E-state index contributed by atoms with van der Waals surface area (Å²) in [6.45, 7) is -1.19. The van der Waals surface area contributed by atoms with Crippen molar-refractivity contribution in [1.29, 1.82) is 0 Å². The van der Waals surface area contributed by atoms with Crippen molar-refractivity contribution in [3.05, 3.63) is 58.7 Å². The fraction of sp³-hybridized carbons (Fsp3) is 0.360. The lowest BCUT2D eigenvalue weighted by Crippen LogP contribution is -2.48. The molecule has 11 nitrogen and oxygen atoms in total. The number of nitrogens with two attached hydrogens (primary N) is 1. The minimum Gasteiger partial charge on any atom is -0.453 e. The fourth-order valence-corrected chi connectivity index (χ4v) is 6.55. The number of carbonyl (C=O) groups is 2. The van der Waals surface area contributed by atoms with Gasteiger partial charge in [-0.15, -0.1) is 10.2 Å². The first kappa shape index (κ1) is 28.8. The van der Waals surface area contributed by atoms with Gasteiger partial charge in [0.15, 0.2) is 9.84 Å². The van der Waals surface area contributed by atoms with E-state index in [1.54, 1.807) is 24.3 Å². The van der Waals surface area contributed by atoms with E-state index in [0.717, 1.165) is 29.0 Å². The monoisotopic (exact) mass is 613 g/mol. The Labute approximate surface area is 236 Å². The third kappa shape index (κ3) is 5.74. The van der Waals surface area contributed by atoms with Gasteiger partial charge in [-0.3, -0.25) is 4.79 Å². The van der Waals surface area contributed by atoms with Gasteiger partial charge in [-0.2, -0.15) is 0 Å². The Kier molecular flexibility index (Phi) is 7.46. The van der Waals surface area contributed by atoms with Crippen LogP contribution in [0.2, 0.25) is 5.02 Å². The molecule has 0 radical (unpaired) electrons. The molecule has 2 atom stereocenters. The zero-order valence-corrected chi connectivity index (χ0v) is 23.0. The molecule has 2 aliphatic rings. The van der Waals surface area contributed by atoms with Crippen LogP contribution in [0.5, 0.6) is 0 Å². The summed E-state index contributed by atoms with van der Waals surface area (Å²) in [5, 5.41) is 8.03. The second-order valence-electron chi connectivity index (χ2n) is 9.79. The molecular formula is C25H23ClF3N5O6S. The summed E-state index contributed by atoms with van der Waals surface area (Å²) >= 11 is 5.95. The van der Waals surface area contributed by atoms with Gasteiger partial charge < -0.3 is 24.7 Å². The summed E-state index contributed by atoms with van der Waals surface area (Å²) in [6.07, 6.45) is -1.68. The number of aromatic nitrogens is 2. The van der Waals surface area contributed by atoms with Crippen LogP contribution in [0.25, 0.3) is 11.5 Å². The van der Waals surface area contributed by atoms with Crippen LogP contribution in [0.3, 0.4) is 0 Å². The van der Waals surface area contributed by atoms with Gasteiger partial charge >= 0.3 is 6.09 Å². The summed E-state index contributed by atoms with van der Waals surface area (Å²) in [5.74, 6) is -7.64. The lowest BCUT2D eigenvalue weighted by atomic mass is 9.95. The molecule has 3 aromatic rings. The Balaban J connectivity index is 1.56. The second-order valence-corrected chi connectivity index (χ2v) is 12.2. The number of halogens is 4. The molecule has 2 aromatic carbocycles. The lowest BCUT2D eigenvalue weighted by molar-refractivity contribution is -0.119. The number of sulfone groups is 1. The molecule has 1 saturated heterocycles. The molecule has 41 heavy (non-hydrogen) atoms. The molecule has 2 aliphatic heterocycles. The summed E-state index contributed by atoms with van der Waals surface area (Å²) in [5.41, 5.74) is 5.96. The zero-order valence-electron chi connectivity index (χ0n) is 21.4. The van der Waals surface area contributed by atoms with Crippen molar-refractivity contribution in [3.8, 4) is 11.5 Å². The maximum atomic E-state index is 15.4. The van der Waals surface area contributed by atoms with Crippen LogP contribution < -0.4 is 10.6 Å². The first-order chi connectivity index (χ1) is 19.3. The smallest absolute Gasteiger partial charge is 0.409 e. The van der Waals surface area contributed by atoms with Crippen LogP contribution in [-0.4, -0.2) is 73.4 Å². The van der Waals surface area contributed by atoms with Crippen molar-refractivity contribution in [2.24, 2.45) is 5.73 Å². The summed E-state index contributed by atoms with van der Waals surface area (Å²) in [4.78, 5) is 26.6. The predicted molar refractivity (Wildman–Crippen MR) is 139 cm³/mol. The molecule has 5 rings (SSSR count). The van der Waals surface area contributed by atoms with E-state index >= 15 is 4.39 Å². The molecule has 1 unspecified atom stereocenters. The van der Waals surface area contributed by atoms with E-state index in [1.807, 2.05) is 0 Å². The first-order valence-electron chi connectivity index (χ1n) is 12.2. The van der Waals surface area contributed by atoms with Crippen LogP contribution in [0.1, 0.15) is 23.8 Å². The van der Waals surface area contributed by atoms with Crippen molar-refractivity contribution in [2.75, 3.05) is 30.9 Å². The molecule has 2 N–H and O–H groups in total. The number of ether oxygens (including phenoxy) is 1. The Morgan fingerprint density at radius 2 is 1.95 bits per heavy atom. The number of anilines is 1. The molecule has 2 amide bonds. The Morgan fingerprint density at radius 1 is 1.24 bits per heavy atom. The average Bonchev–Trinajstić information content (AvgIpc) is 3.39. The van der Waals surface area contributed by atoms with Crippen LogP contribution in [0, 0.1) is 5.82 Å². The van der Waals surface area contributed by atoms with E-state index in [0.29, 0.717) is 10.6 Å². The molecule has 0 saturated carbocycles. The number of benzene rings is 2. The van der Waals surface area contributed by atoms with Crippen molar-refractivity contribution in [1.82, 2.24) is 15.1 Å².